The van der Waals surface area contributed by atoms with Crippen LogP contribution in [0.15, 0.2) is 42.7 Å². The summed E-state index contributed by atoms with van der Waals surface area (Å²) in [6.07, 6.45) is 5.46. The summed E-state index contributed by atoms with van der Waals surface area (Å²) in [5, 5.41) is 2.75. The van der Waals surface area contributed by atoms with Crippen molar-refractivity contribution < 1.29 is 13.6 Å². The third-order valence-corrected chi connectivity index (χ3v) is 4.37. The van der Waals surface area contributed by atoms with Gasteiger partial charge in [-0.05, 0) is 43.0 Å². The highest BCUT2D eigenvalue weighted by Gasteiger charge is 2.21. The maximum Gasteiger partial charge on any atom is 0.254 e. The van der Waals surface area contributed by atoms with Gasteiger partial charge in [-0.15, -0.1) is 0 Å². The van der Waals surface area contributed by atoms with Gasteiger partial charge in [0.25, 0.3) is 5.91 Å². The number of amides is 1. The number of pyridine rings is 1. The highest BCUT2D eigenvalue weighted by molar-refractivity contribution is 5.94. The first-order valence-corrected chi connectivity index (χ1v) is 8.01. The van der Waals surface area contributed by atoms with E-state index in [0.29, 0.717) is 12.5 Å². The zero-order valence-electron chi connectivity index (χ0n) is 13.2. The summed E-state index contributed by atoms with van der Waals surface area (Å²) in [5.41, 5.74) is 1.03. The van der Waals surface area contributed by atoms with Crippen LogP contribution in [0.2, 0.25) is 0 Å². The largest absolute Gasteiger partial charge is 0.371 e. The second-order valence-electron chi connectivity index (χ2n) is 5.97. The minimum Gasteiger partial charge on any atom is -0.371 e. The van der Waals surface area contributed by atoms with Crippen LogP contribution in [0.1, 0.15) is 23.2 Å². The van der Waals surface area contributed by atoms with E-state index in [1.54, 1.807) is 12.4 Å². The smallest absolute Gasteiger partial charge is 0.254 e. The molecule has 4 nitrogen and oxygen atoms in total. The van der Waals surface area contributed by atoms with Crippen molar-refractivity contribution in [3.05, 3.63) is 59.9 Å². The molecule has 1 amide bonds. The van der Waals surface area contributed by atoms with Gasteiger partial charge in [0.15, 0.2) is 0 Å². The zero-order valence-corrected chi connectivity index (χ0v) is 13.2. The van der Waals surface area contributed by atoms with Crippen LogP contribution in [-0.4, -0.2) is 30.5 Å². The average Bonchev–Trinajstić information content (AvgIpc) is 2.61. The molecule has 0 bridgehead atoms. The first-order chi connectivity index (χ1) is 11.6. The Labute approximate surface area is 139 Å². The molecule has 1 aromatic heterocycles. The van der Waals surface area contributed by atoms with Gasteiger partial charge in [-0.25, -0.2) is 8.78 Å². The molecular formula is C18H19F2N3O. The fourth-order valence-electron chi connectivity index (χ4n) is 2.96. The van der Waals surface area contributed by atoms with E-state index in [0.717, 1.165) is 43.8 Å². The summed E-state index contributed by atoms with van der Waals surface area (Å²) in [4.78, 5) is 18.3. The lowest BCUT2D eigenvalue weighted by Gasteiger charge is -2.33. The molecule has 24 heavy (non-hydrogen) atoms. The summed E-state index contributed by atoms with van der Waals surface area (Å²) in [6.45, 7) is 2.32. The molecule has 1 aliphatic heterocycles. The molecule has 0 atom stereocenters. The number of halogens is 2. The number of piperidine rings is 1. The van der Waals surface area contributed by atoms with Crippen LogP contribution in [-0.2, 0) is 0 Å². The van der Waals surface area contributed by atoms with Crippen LogP contribution in [0.3, 0.4) is 0 Å². The lowest BCUT2D eigenvalue weighted by atomic mass is 9.96. The predicted molar refractivity (Wildman–Crippen MR) is 87.9 cm³/mol. The van der Waals surface area contributed by atoms with Gasteiger partial charge in [-0.1, -0.05) is 0 Å². The van der Waals surface area contributed by atoms with Crippen LogP contribution in [0.25, 0.3) is 0 Å². The van der Waals surface area contributed by atoms with Crippen molar-refractivity contribution in [3.63, 3.8) is 0 Å². The normalized spacial score (nSPS) is 15.3. The van der Waals surface area contributed by atoms with Crippen LogP contribution in [0.5, 0.6) is 0 Å². The van der Waals surface area contributed by atoms with E-state index >= 15 is 0 Å². The highest BCUT2D eigenvalue weighted by atomic mass is 19.1. The number of hydrogen-bond donors (Lipinski definition) is 1. The lowest BCUT2D eigenvalue weighted by molar-refractivity contribution is 0.0941. The van der Waals surface area contributed by atoms with E-state index in [4.69, 9.17) is 0 Å². The van der Waals surface area contributed by atoms with Crippen molar-refractivity contribution in [3.8, 4) is 0 Å². The van der Waals surface area contributed by atoms with E-state index < -0.39 is 17.5 Å². The highest BCUT2D eigenvalue weighted by Crippen LogP contribution is 2.22. The van der Waals surface area contributed by atoms with Crippen molar-refractivity contribution in [2.45, 2.75) is 12.8 Å². The Morgan fingerprint density at radius 2 is 1.88 bits per heavy atom. The second-order valence-corrected chi connectivity index (χ2v) is 5.97. The topological polar surface area (TPSA) is 45.2 Å². The Kier molecular flexibility index (Phi) is 5.03. The van der Waals surface area contributed by atoms with Crippen molar-refractivity contribution in [2.24, 2.45) is 5.92 Å². The van der Waals surface area contributed by atoms with Crippen LogP contribution in [0, 0.1) is 17.6 Å². The van der Waals surface area contributed by atoms with Gasteiger partial charge in [0, 0.05) is 43.8 Å². The molecular weight excluding hydrogens is 312 g/mol. The van der Waals surface area contributed by atoms with Gasteiger partial charge < -0.3 is 10.2 Å². The fraction of sp³-hybridized carbons (Fsp3) is 0.333. The Morgan fingerprint density at radius 3 is 2.54 bits per heavy atom. The van der Waals surface area contributed by atoms with Gasteiger partial charge in [-0.2, -0.15) is 0 Å². The maximum absolute atomic E-state index is 13.6. The third-order valence-electron chi connectivity index (χ3n) is 4.37. The Bertz CT molecular complexity index is 701. The van der Waals surface area contributed by atoms with Crippen LogP contribution < -0.4 is 10.2 Å². The van der Waals surface area contributed by atoms with E-state index in [1.165, 1.54) is 6.07 Å². The molecule has 0 aliphatic carbocycles. The standard InChI is InChI=1S/C18H19F2N3O/c19-14-1-2-16(17(20)11-14)18(24)22-12-13-5-9-23(10-6-13)15-3-7-21-8-4-15/h1-4,7-8,11,13H,5-6,9-10,12H2,(H,22,24). The first kappa shape index (κ1) is 16.4. The number of hydrogen-bond acceptors (Lipinski definition) is 3. The third kappa shape index (κ3) is 3.88. The fourth-order valence-corrected chi connectivity index (χ4v) is 2.96. The molecule has 1 aromatic carbocycles. The average molecular weight is 331 g/mol. The number of anilines is 1. The summed E-state index contributed by atoms with van der Waals surface area (Å²) >= 11 is 0. The summed E-state index contributed by atoms with van der Waals surface area (Å²) in [5.74, 6) is -1.66. The monoisotopic (exact) mass is 331 g/mol. The molecule has 0 radical (unpaired) electrons. The quantitative estimate of drug-likeness (QED) is 0.937. The Morgan fingerprint density at radius 1 is 1.17 bits per heavy atom. The number of nitrogens with zero attached hydrogens (tertiary/aromatic N) is 2. The zero-order chi connectivity index (χ0) is 16.9. The van der Waals surface area contributed by atoms with Gasteiger partial charge in [0.2, 0.25) is 0 Å². The van der Waals surface area contributed by atoms with Gasteiger partial charge in [0.1, 0.15) is 11.6 Å². The van der Waals surface area contributed by atoms with E-state index in [1.807, 2.05) is 12.1 Å². The number of rotatable bonds is 4. The molecule has 0 unspecified atom stereocenters. The molecule has 1 fully saturated rings. The molecule has 6 heteroatoms. The number of benzene rings is 1. The van der Waals surface area contributed by atoms with Crippen LogP contribution in [0.4, 0.5) is 14.5 Å². The first-order valence-electron chi connectivity index (χ1n) is 8.01. The molecule has 126 valence electrons. The second kappa shape index (κ2) is 7.38. The van der Waals surface area contributed by atoms with Gasteiger partial charge in [-0.3, -0.25) is 9.78 Å². The summed E-state index contributed by atoms with van der Waals surface area (Å²) in [7, 11) is 0. The molecule has 3 rings (SSSR count). The van der Waals surface area contributed by atoms with E-state index in [-0.39, 0.29) is 5.56 Å². The van der Waals surface area contributed by atoms with Crippen molar-refractivity contribution in [1.82, 2.24) is 10.3 Å². The maximum atomic E-state index is 13.6. The SMILES string of the molecule is O=C(NCC1CCN(c2ccncc2)CC1)c1ccc(F)cc1F. The van der Waals surface area contributed by atoms with Crippen LogP contribution >= 0.6 is 0 Å². The Hall–Kier alpha value is -2.50. The lowest BCUT2D eigenvalue weighted by Crippen LogP contribution is -2.38. The molecule has 2 heterocycles. The van der Waals surface area contributed by atoms with Gasteiger partial charge in [0.05, 0.1) is 5.56 Å². The summed E-state index contributed by atoms with van der Waals surface area (Å²) in [6, 6.07) is 6.96. The van der Waals surface area contributed by atoms with Crippen molar-refractivity contribution in [2.75, 3.05) is 24.5 Å². The molecule has 1 saturated heterocycles. The minimum absolute atomic E-state index is 0.120. The number of carbonyl (C=O) groups is 1. The number of aromatic nitrogens is 1. The van der Waals surface area contributed by atoms with Crippen molar-refractivity contribution in [1.29, 1.82) is 0 Å². The number of nitrogens with one attached hydrogen (secondary N) is 1. The molecule has 0 spiro atoms. The summed E-state index contributed by atoms with van der Waals surface area (Å²) < 4.78 is 26.5. The minimum atomic E-state index is -0.833. The van der Waals surface area contributed by atoms with E-state index in [9.17, 15) is 13.6 Å². The van der Waals surface area contributed by atoms with Gasteiger partial charge >= 0.3 is 0 Å². The number of carbonyl (C=O) groups excluding carboxylic acids is 1. The molecule has 2 aromatic rings. The molecule has 0 saturated carbocycles. The Balaban J connectivity index is 1.49. The molecule has 1 N–H and O–H groups in total. The van der Waals surface area contributed by atoms with Crippen molar-refractivity contribution >= 4 is 11.6 Å². The van der Waals surface area contributed by atoms with E-state index in [2.05, 4.69) is 15.2 Å². The predicted octanol–water partition coefficient (Wildman–Crippen LogP) is 3.01. The molecule has 1 aliphatic rings.